The number of methoxy groups -OCH3 is 1. The van der Waals surface area contributed by atoms with Crippen LogP contribution in [0.2, 0.25) is 0 Å². The number of benzene rings is 1. The van der Waals surface area contributed by atoms with Crippen molar-refractivity contribution in [2.75, 3.05) is 12.4 Å². The van der Waals surface area contributed by atoms with Gasteiger partial charge in [-0.1, -0.05) is 24.3 Å². The molecule has 1 spiro atoms. The normalized spacial score (nSPS) is 32.0. The molecule has 2 fully saturated rings. The summed E-state index contributed by atoms with van der Waals surface area (Å²) < 4.78 is 5.25. The van der Waals surface area contributed by atoms with Crippen LogP contribution in [0.1, 0.15) is 12.8 Å². The highest BCUT2D eigenvalue weighted by atomic mass is 16.5. The molecule has 0 aliphatic heterocycles. The van der Waals surface area contributed by atoms with Crippen LogP contribution in [0.5, 0.6) is 5.75 Å². The first-order valence-electron chi connectivity index (χ1n) is 7.93. The summed E-state index contributed by atoms with van der Waals surface area (Å²) in [4.78, 5) is 24.6. The van der Waals surface area contributed by atoms with Gasteiger partial charge in [-0.15, -0.1) is 0 Å². The molecule has 4 atom stereocenters. The van der Waals surface area contributed by atoms with Crippen molar-refractivity contribution < 1.29 is 19.4 Å². The van der Waals surface area contributed by atoms with Crippen LogP contribution in [0.15, 0.2) is 36.4 Å². The SMILES string of the molecule is COc1ccccc1NC(=O)[C@H]1[C@@H](C(=O)O)[C@H]2C=C[C@H]1C21CC1. The van der Waals surface area contributed by atoms with Gasteiger partial charge < -0.3 is 15.2 Å². The second-order valence-corrected chi connectivity index (χ2v) is 6.75. The fourth-order valence-electron chi connectivity index (χ4n) is 4.65. The maximum atomic E-state index is 12.8. The Morgan fingerprint density at radius 2 is 1.83 bits per heavy atom. The number of nitrogens with one attached hydrogen (secondary N) is 1. The van der Waals surface area contributed by atoms with Gasteiger partial charge in [0.05, 0.1) is 24.6 Å². The Balaban J connectivity index is 1.63. The highest BCUT2D eigenvalue weighted by Gasteiger charge is 2.70. The van der Waals surface area contributed by atoms with Crippen molar-refractivity contribution in [2.24, 2.45) is 29.1 Å². The van der Waals surface area contributed by atoms with Crippen LogP contribution in [0.3, 0.4) is 0 Å². The summed E-state index contributed by atoms with van der Waals surface area (Å²) in [5.41, 5.74) is 0.618. The molecule has 2 bridgehead atoms. The lowest BCUT2D eigenvalue weighted by Gasteiger charge is -2.24. The summed E-state index contributed by atoms with van der Waals surface area (Å²) in [5, 5.41) is 12.5. The van der Waals surface area contributed by atoms with Crippen LogP contribution in [-0.2, 0) is 9.59 Å². The first-order valence-corrected chi connectivity index (χ1v) is 7.93. The lowest BCUT2D eigenvalue weighted by atomic mass is 9.82. The maximum absolute atomic E-state index is 12.8. The van der Waals surface area contributed by atoms with Crippen molar-refractivity contribution >= 4 is 17.6 Å². The van der Waals surface area contributed by atoms with Crippen LogP contribution in [0.4, 0.5) is 5.69 Å². The van der Waals surface area contributed by atoms with Crippen LogP contribution in [0.25, 0.3) is 0 Å². The van der Waals surface area contributed by atoms with Gasteiger partial charge in [-0.05, 0) is 42.2 Å². The third kappa shape index (κ3) is 1.92. The molecule has 5 nitrogen and oxygen atoms in total. The minimum atomic E-state index is -0.867. The average molecular weight is 313 g/mol. The lowest BCUT2D eigenvalue weighted by molar-refractivity contribution is -0.146. The zero-order valence-electron chi connectivity index (χ0n) is 12.9. The third-order valence-corrected chi connectivity index (χ3v) is 5.79. The van der Waals surface area contributed by atoms with Crippen molar-refractivity contribution in [3.05, 3.63) is 36.4 Å². The zero-order chi connectivity index (χ0) is 16.2. The van der Waals surface area contributed by atoms with Crippen LogP contribution in [0, 0.1) is 29.1 Å². The molecule has 23 heavy (non-hydrogen) atoms. The van der Waals surface area contributed by atoms with Gasteiger partial charge in [-0.2, -0.15) is 0 Å². The van der Waals surface area contributed by atoms with Gasteiger partial charge in [-0.3, -0.25) is 9.59 Å². The average Bonchev–Trinajstić information content (AvgIpc) is 3.21. The topological polar surface area (TPSA) is 75.6 Å². The van der Waals surface area contributed by atoms with Gasteiger partial charge in [0, 0.05) is 0 Å². The van der Waals surface area contributed by atoms with E-state index in [0.29, 0.717) is 11.4 Å². The van der Waals surface area contributed by atoms with Crippen molar-refractivity contribution in [1.29, 1.82) is 0 Å². The predicted molar refractivity (Wildman–Crippen MR) is 84.0 cm³/mol. The summed E-state index contributed by atoms with van der Waals surface area (Å²) in [6.45, 7) is 0. The zero-order valence-corrected chi connectivity index (χ0v) is 12.9. The fraction of sp³-hybridized carbons (Fsp3) is 0.444. The quantitative estimate of drug-likeness (QED) is 0.838. The Morgan fingerprint density at radius 1 is 1.17 bits per heavy atom. The van der Waals surface area contributed by atoms with Gasteiger partial charge in [0.15, 0.2) is 0 Å². The third-order valence-electron chi connectivity index (χ3n) is 5.79. The number of rotatable bonds is 4. The molecule has 0 aromatic heterocycles. The van der Waals surface area contributed by atoms with E-state index in [0.717, 1.165) is 12.8 Å². The smallest absolute Gasteiger partial charge is 0.307 e. The minimum absolute atomic E-state index is 0.00146. The number of allylic oxidation sites excluding steroid dienone is 2. The van der Waals surface area contributed by atoms with Crippen molar-refractivity contribution in [1.82, 2.24) is 0 Å². The van der Waals surface area contributed by atoms with Gasteiger partial charge in [0.2, 0.25) is 5.91 Å². The molecule has 5 heteroatoms. The molecule has 2 saturated carbocycles. The molecule has 3 aliphatic carbocycles. The first kappa shape index (κ1) is 14.3. The summed E-state index contributed by atoms with van der Waals surface area (Å²) in [7, 11) is 1.55. The molecule has 1 aromatic carbocycles. The van der Waals surface area contributed by atoms with E-state index in [4.69, 9.17) is 4.74 Å². The number of amides is 1. The number of carboxylic acid groups (broad SMARTS) is 1. The van der Waals surface area contributed by atoms with E-state index < -0.39 is 17.8 Å². The summed E-state index contributed by atoms with van der Waals surface area (Å²) >= 11 is 0. The number of hydrogen-bond donors (Lipinski definition) is 2. The number of carbonyl (C=O) groups is 2. The summed E-state index contributed by atoms with van der Waals surface area (Å²) in [6, 6.07) is 7.18. The molecule has 0 unspecified atom stereocenters. The number of hydrogen-bond acceptors (Lipinski definition) is 3. The number of ether oxygens (including phenoxy) is 1. The molecule has 0 radical (unpaired) electrons. The molecule has 1 amide bonds. The number of aliphatic carboxylic acids is 1. The predicted octanol–water partition coefficient (Wildman–Crippen LogP) is 2.55. The molecular weight excluding hydrogens is 294 g/mol. The van der Waals surface area contributed by atoms with Crippen molar-refractivity contribution in [2.45, 2.75) is 12.8 Å². The number of carbonyl (C=O) groups excluding carboxylic acids is 1. The standard InChI is InChI=1S/C18H19NO4/c1-23-13-5-3-2-4-12(13)19-16(20)14-10-6-7-11(15(14)17(21)22)18(10)8-9-18/h2-7,10-11,14-15H,8-9H2,1H3,(H,19,20)(H,21,22)/t10-,11-,14-,15+/m1/s1. The summed E-state index contributed by atoms with van der Waals surface area (Å²) in [6.07, 6.45) is 6.13. The van der Waals surface area contributed by atoms with Crippen LogP contribution < -0.4 is 10.1 Å². The molecule has 3 aliphatic rings. The Bertz CT molecular complexity index is 707. The lowest BCUT2D eigenvalue weighted by Crippen LogP contribution is -2.36. The van der Waals surface area contributed by atoms with E-state index in [-0.39, 0.29) is 23.2 Å². The van der Waals surface area contributed by atoms with Gasteiger partial charge in [-0.25, -0.2) is 0 Å². The van der Waals surface area contributed by atoms with E-state index >= 15 is 0 Å². The maximum Gasteiger partial charge on any atom is 0.307 e. The Labute approximate surface area is 134 Å². The van der Waals surface area contributed by atoms with Crippen LogP contribution in [-0.4, -0.2) is 24.1 Å². The highest BCUT2D eigenvalue weighted by Crippen LogP contribution is 2.72. The molecule has 2 N–H and O–H groups in total. The number of para-hydroxylation sites is 2. The molecule has 1 aromatic rings. The van der Waals surface area contributed by atoms with Crippen molar-refractivity contribution in [3.8, 4) is 5.75 Å². The van der Waals surface area contributed by atoms with E-state index in [1.54, 1.807) is 19.2 Å². The molecule has 0 heterocycles. The first-order chi connectivity index (χ1) is 11.1. The van der Waals surface area contributed by atoms with E-state index in [2.05, 4.69) is 11.4 Å². The van der Waals surface area contributed by atoms with E-state index in [9.17, 15) is 14.7 Å². The van der Waals surface area contributed by atoms with E-state index in [1.165, 1.54) is 0 Å². The Hall–Kier alpha value is -2.30. The van der Waals surface area contributed by atoms with Crippen molar-refractivity contribution in [3.63, 3.8) is 0 Å². The van der Waals surface area contributed by atoms with Gasteiger partial charge in [0.25, 0.3) is 0 Å². The molecule has 120 valence electrons. The largest absolute Gasteiger partial charge is 0.495 e. The molecule has 0 saturated heterocycles. The minimum Gasteiger partial charge on any atom is -0.495 e. The van der Waals surface area contributed by atoms with Gasteiger partial charge in [0.1, 0.15) is 5.75 Å². The summed E-state index contributed by atoms with van der Waals surface area (Å²) in [5.74, 6) is -1.59. The fourth-order valence-corrected chi connectivity index (χ4v) is 4.65. The second kappa shape index (κ2) is 4.85. The van der Waals surface area contributed by atoms with Gasteiger partial charge >= 0.3 is 5.97 Å². The Kier molecular flexibility index (Phi) is 3.01. The molecular formula is C18H19NO4. The van der Waals surface area contributed by atoms with E-state index in [1.807, 2.05) is 18.2 Å². The molecule has 4 rings (SSSR count). The number of anilines is 1. The monoisotopic (exact) mass is 313 g/mol. The number of carboxylic acids is 1. The highest BCUT2D eigenvalue weighted by molar-refractivity contribution is 5.97. The Morgan fingerprint density at radius 3 is 2.43 bits per heavy atom. The van der Waals surface area contributed by atoms with Crippen LogP contribution >= 0.6 is 0 Å². The second-order valence-electron chi connectivity index (χ2n) is 6.75.